The van der Waals surface area contributed by atoms with Gasteiger partial charge in [-0.25, -0.2) is 0 Å². The zero-order valence-electron chi connectivity index (χ0n) is 13.3. The maximum atomic E-state index is 3.72. The molecule has 0 amide bonds. The minimum atomic E-state index is 0.478. The third-order valence-electron chi connectivity index (χ3n) is 4.26. The van der Waals surface area contributed by atoms with Crippen molar-refractivity contribution >= 4 is 23.5 Å². The molecular formula is C17H27NS2. The average molecular weight is 310 g/mol. The fourth-order valence-corrected chi connectivity index (χ4v) is 5.74. The minimum Gasteiger partial charge on any atom is -0.309 e. The number of hydrogen-bond acceptors (Lipinski definition) is 3. The summed E-state index contributed by atoms with van der Waals surface area (Å²) in [7, 11) is 0. The highest BCUT2D eigenvalue weighted by Gasteiger charge is 2.31. The number of benzene rings is 1. The zero-order valence-corrected chi connectivity index (χ0v) is 14.9. The van der Waals surface area contributed by atoms with Crippen molar-refractivity contribution in [2.45, 2.75) is 56.4 Å². The fourth-order valence-electron chi connectivity index (χ4n) is 2.62. The third-order valence-corrected chi connectivity index (χ3v) is 7.75. The Morgan fingerprint density at radius 2 is 1.95 bits per heavy atom. The summed E-state index contributed by atoms with van der Waals surface area (Å²) in [6.07, 6.45) is 0. The summed E-state index contributed by atoms with van der Waals surface area (Å²) in [5, 5.41) is 5.91. The van der Waals surface area contributed by atoms with Crippen molar-refractivity contribution in [2.75, 3.05) is 12.3 Å². The number of thioether (sulfide) groups is 2. The molecular weight excluding hydrogens is 282 g/mol. The molecule has 0 aliphatic carbocycles. The molecule has 1 nitrogen and oxygen atoms in total. The lowest BCUT2D eigenvalue weighted by Gasteiger charge is -2.36. The highest BCUT2D eigenvalue weighted by Crippen LogP contribution is 2.41. The molecule has 0 bridgehead atoms. The summed E-state index contributed by atoms with van der Waals surface area (Å²) in [6, 6.07) is 7.42. The van der Waals surface area contributed by atoms with E-state index in [-0.39, 0.29) is 0 Å². The number of nitrogens with one attached hydrogen (secondary N) is 1. The van der Waals surface area contributed by atoms with Crippen LogP contribution in [0.4, 0.5) is 0 Å². The Balaban J connectivity index is 2.19. The van der Waals surface area contributed by atoms with Crippen LogP contribution in [0, 0.1) is 13.8 Å². The smallest absolute Gasteiger partial charge is 0.0448 e. The molecule has 20 heavy (non-hydrogen) atoms. The summed E-state index contributed by atoms with van der Waals surface area (Å²) >= 11 is 4.29. The van der Waals surface area contributed by atoms with Gasteiger partial charge in [-0.2, -0.15) is 23.5 Å². The van der Waals surface area contributed by atoms with E-state index < -0.39 is 0 Å². The van der Waals surface area contributed by atoms with Crippen molar-refractivity contribution in [2.24, 2.45) is 0 Å². The average Bonchev–Trinajstić information content (AvgIpc) is 2.43. The first kappa shape index (κ1) is 16.3. The molecule has 3 heteroatoms. The maximum Gasteiger partial charge on any atom is 0.0448 e. The van der Waals surface area contributed by atoms with Crippen LogP contribution >= 0.6 is 23.5 Å². The van der Waals surface area contributed by atoms with Crippen LogP contribution in [0.1, 0.15) is 43.5 Å². The van der Waals surface area contributed by atoms with Gasteiger partial charge >= 0.3 is 0 Å². The first-order valence-electron chi connectivity index (χ1n) is 7.60. The minimum absolute atomic E-state index is 0.478. The SMILES string of the molecule is CCNC(c1ccc(C)c(C)c1)C1CSC(C)C(C)S1. The number of hydrogen-bond donors (Lipinski definition) is 1. The van der Waals surface area contributed by atoms with Crippen molar-refractivity contribution in [3.63, 3.8) is 0 Å². The van der Waals surface area contributed by atoms with E-state index in [0.717, 1.165) is 17.0 Å². The second-order valence-corrected chi connectivity index (χ2v) is 8.83. The molecule has 112 valence electrons. The summed E-state index contributed by atoms with van der Waals surface area (Å²) in [4.78, 5) is 0. The summed E-state index contributed by atoms with van der Waals surface area (Å²) in [5.74, 6) is 1.25. The monoisotopic (exact) mass is 309 g/mol. The van der Waals surface area contributed by atoms with E-state index >= 15 is 0 Å². The van der Waals surface area contributed by atoms with Crippen LogP contribution < -0.4 is 5.32 Å². The molecule has 1 aromatic rings. The van der Waals surface area contributed by atoms with E-state index in [2.05, 4.69) is 81.7 Å². The van der Waals surface area contributed by atoms with Crippen molar-refractivity contribution in [1.29, 1.82) is 0 Å². The lowest BCUT2D eigenvalue weighted by atomic mass is 9.99. The van der Waals surface area contributed by atoms with Gasteiger partial charge in [0.15, 0.2) is 0 Å². The molecule has 0 aromatic heterocycles. The molecule has 0 saturated carbocycles. The Hall–Kier alpha value is -0.120. The van der Waals surface area contributed by atoms with E-state index in [0.29, 0.717) is 11.3 Å². The van der Waals surface area contributed by atoms with Gasteiger partial charge in [0.05, 0.1) is 0 Å². The van der Waals surface area contributed by atoms with Crippen LogP contribution in [0.3, 0.4) is 0 Å². The molecule has 1 aromatic carbocycles. The summed E-state index contributed by atoms with van der Waals surface area (Å²) in [6.45, 7) is 12.4. The first-order valence-corrected chi connectivity index (χ1v) is 9.59. The zero-order chi connectivity index (χ0) is 14.7. The van der Waals surface area contributed by atoms with Gasteiger partial charge in [0.25, 0.3) is 0 Å². The standard InChI is InChI=1S/C17H27NS2/c1-6-18-17(15-8-7-11(2)12(3)9-15)16-10-19-13(4)14(5)20-16/h7-9,13-14,16-18H,6,10H2,1-5H3. The molecule has 4 atom stereocenters. The van der Waals surface area contributed by atoms with Crippen molar-refractivity contribution in [1.82, 2.24) is 5.32 Å². The maximum absolute atomic E-state index is 3.72. The molecule has 1 heterocycles. The Morgan fingerprint density at radius 3 is 2.55 bits per heavy atom. The predicted molar refractivity (Wildman–Crippen MR) is 95.1 cm³/mol. The van der Waals surface area contributed by atoms with Gasteiger partial charge in [-0.05, 0) is 37.1 Å². The van der Waals surface area contributed by atoms with E-state index in [4.69, 9.17) is 0 Å². The van der Waals surface area contributed by atoms with E-state index in [9.17, 15) is 0 Å². The number of rotatable bonds is 4. The second kappa shape index (κ2) is 7.24. The quantitative estimate of drug-likeness (QED) is 0.874. The highest BCUT2D eigenvalue weighted by molar-refractivity contribution is 8.07. The van der Waals surface area contributed by atoms with Gasteiger partial charge in [-0.1, -0.05) is 39.0 Å². The summed E-state index contributed by atoms with van der Waals surface area (Å²) < 4.78 is 0. The van der Waals surface area contributed by atoms with Gasteiger partial charge in [-0.3, -0.25) is 0 Å². The third kappa shape index (κ3) is 3.75. The molecule has 1 aliphatic rings. The van der Waals surface area contributed by atoms with Crippen molar-refractivity contribution < 1.29 is 0 Å². The molecule has 1 aliphatic heterocycles. The van der Waals surface area contributed by atoms with Crippen LogP contribution in [0.2, 0.25) is 0 Å². The van der Waals surface area contributed by atoms with Crippen LogP contribution in [0.15, 0.2) is 18.2 Å². The van der Waals surface area contributed by atoms with E-state index in [1.807, 2.05) is 0 Å². The molecule has 0 radical (unpaired) electrons. The Morgan fingerprint density at radius 1 is 1.20 bits per heavy atom. The lowest BCUT2D eigenvalue weighted by molar-refractivity contribution is 0.547. The van der Waals surface area contributed by atoms with Crippen LogP contribution in [0.25, 0.3) is 0 Å². The van der Waals surface area contributed by atoms with E-state index in [1.165, 1.54) is 22.4 Å². The molecule has 1 fully saturated rings. The molecule has 4 unspecified atom stereocenters. The van der Waals surface area contributed by atoms with Crippen molar-refractivity contribution in [3.05, 3.63) is 34.9 Å². The normalized spacial score (nSPS) is 28.4. The Kier molecular flexibility index (Phi) is 5.88. The Labute approximate surface area is 132 Å². The van der Waals surface area contributed by atoms with Crippen LogP contribution in [-0.4, -0.2) is 28.0 Å². The molecule has 0 spiro atoms. The van der Waals surface area contributed by atoms with Crippen molar-refractivity contribution in [3.8, 4) is 0 Å². The van der Waals surface area contributed by atoms with Gasteiger partial charge in [-0.15, -0.1) is 0 Å². The van der Waals surface area contributed by atoms with Crippen LogP contribution in [0.5, 0.6) is 0 Å². The Bertz CT molecular complexity index is 447. The second-order valence-electron chi connectivity index (χ2n) is 5.80. The van der Waals surface area contributed by atoms with Gasteiger partial charge in [0.2, 0.25) is 0 Å². The highest BCUT2D eigenvalue weighted by atomic mass is 32.2. The largest absolute Gasteiger partial charge is 0.309 e. The number of aryl methyl sites for hydroxylation is 2. The fraction of sp³-hybridized carbons (Fsp3) is 0.647. The predicted octanol–water partition coefficient (Wildman–Crippen LogP) is 4.58. The topological polar surface area (TPSA) is 12.0 Å². The lowest BCUT2D eigenvalue weighted by Crippen LogP contribution is -2.37. The van der Waals surface area contributed by atoms with Gasteiger partial charge in [0, 0.05) is 27.5 Å². The van der Waals surface area contributed by atoms with Crippen LogP contribution in [-0.2, 0) is 0 Å². The first-order chi connectivity index (χ1) is 9.52. The molecule has 1 saturated heterocycles. The van der Waals surface area contributed by atoms with Gasteiger partial charge in [0.1, 0.15) is 0 Å². The summed E-state index contributed by atoms with van der Waals surface area (Å²) in [5.41, 5.74) is 4.24. The molecule has 1 N–H and O–H groups in total. The van der Waals surface area contributed by atoms with E-state index in [1.54, 1.807) is 0 Å². The molecule has 2 rings (SSSR count). The van der Waals surface area contributed by atoms with Gasteiger partial charge < -0.3 is 5.32 Å².